The van der Waals surface area contributed by atoms with Crippen LogP contribution in [0.25, 0.3) is 55.8 Å². The number of hydrogen-bond acceptors (Lipinski definition) is 7. The highest BCUT2D eigenvalue weighted by atomic mass is 32.2. The topological polar surface area (TPSA) is 142 Å². The number of imidazole rings is 1. The molecule has 0 atom stereocenters. The first-order valence-corrected chi connectivity index (χ1v) is 13.5. The second kappa shape index (κ2) is 9.08. The number of nitrogens with zero attached hydrogens (tertiary/aromatic N) is 5. The number of halogens is 1. The first kappa shape index (κ1) is 23.8. The molecule has 6 aromatic rings. The first-order chi connectivity index (χ1) is 18.2. The van der Waals surface area contributed by atoms with Crippen LogP contribution in [0.1, 0.15) is 11.1 Å². The first-order valence-electron chi connectivity index (χ1n) is 11.6. The fraction of sp³-hybridized carbons (Fsp3) is 0.115. The van der Waals surface area contributed by atoms with Crippen molar-refractivity contribution < 1.29 is 12.8 Å². The molecule has 0 spiro atoms. The molecule has 0 unspecified atom stereocenters. The molecule has 6 rings (SSSR count). The highest BCUT2D eigenvalue weighted by Gasteiger charge is 2.17. The van der Waals surface area contributed by atoms with Crippen LogP contribution in [-0.4, -0.2) is 49.8 Å². The quantitative estimate of drug-likeness (QED) is 0.295. The number of aromatic nitrogens is 7. The third kappa shape index (κ3) is 4.51. The molecular formula is C26H21FN8O2S. The lowest BCUT2D eigenvalue weighted by Gasteiger charge is -2.07. The van der Waals surface area contributed by atoms with Crippen LogP contribution in [-0.2, 0) is 16.6 Å². The van der Waals surface area contributed by atoms with E-state index in [9.17, 15) is 12.8 Å². The third-order valence-electron chi connectivity index (χ3n) is 6.19. The maximum absolute atomic E-state index is 14.5. The zero-order valence-corrected chi connectivity index (χ0v) is 21.1. The second-order valence-corrected chi connectivity index (χ2v) is 10.8. The van der Waals surface area contributed by atoms with Crippen LogP contribution in [0.3, 0.4) is 0 Å². The van der Waals surface area contributed by atoms with Gasteiger partial charge in [0.1, 0.15) is 11.5 Å². The third-order valence-corrected chi connectivity index (χ3v) is 6.86. The Bertz CT molecular complexity index is 1950. The maximum atomic E-state index is 14.5. The average Bonchev–Trinajstić information content (AvgIpc) is 3.50. The summed E-state index contributed by atoms with van der Waals surface area (Å²) in [4.78, 5) is 21.2. The Kier molecular flexibility index (Phi) is 5.69. The van der Waals surface area contributed by atoms with Gasteiger partial charge in [-0.1, -0.05) is 0 Å². The average molecular weight is 529 g/mol. The van der Waals surface area contributed by atoms with E-state index in [0.29, 0.717) is 39.2 Å². The summed E-state index contributed by atoms with van der Waals surface area (Å²) < 4.78 is 39.9. The van der Waals surface area contributed by atoms with Gasteiger partial charge < -0.3 is 4.98 Å². The zero-order chi connectivity index (χ0) is 26.4. The van der Waals surface area contributed by atoms with Crippen molar-refractivity contribution in [2.24, 2.45) is 0 Å². The van der Waals surface area contributed by atoms with Gasteiger partial charge in [-0.25, -0.2) is 22.5 Å². The largest absolute Gasteiger partial charge is 0.335 e. The van der Waals surface area contributed by atoms with Crippen molar-refractivity contribution in [2.75, 3.05) is 6.26 Å². The highest BCUT2D eigenvalue weighted by Crippen LogP contribution is 2.33. The molecule has 38 heavy (non-hydrogen) atoms. The summed E-state index contributed by atoms with van der Waals surface area (Å²) in [5.74, 6) is 0.0144. The molecule has 0 saturated carbocycles. The van der Waals surface area contributed by atoms with Gasteiger partial charge >= 0.3 is 0 Å². The Labute approximate surface area is 216 Å². The van der Waals surface area contributed by atoms with Crippen LogP contribution in [0.15, 0.2) is 61.3 Å². The van der Waals surface area contributed by atoms with Gasteiger partial charge in [0, 0.05) is 41.6 Å². The lowest BCUT2D eigenvalue weighted by Crippen LogP contribution is -2.21. The molecule has 0 aliphatic heterocycles. The number of sulfonamides is 1. The van der Waals surface area contributed by atoms with Gasteiger partial charge in [0.2, 0.25) is 10.0 Å². The molecule has 5 heterocycles. The molecule has 3 N–H and O–H groups in total. The van der Waals surface area contributed by atoms with Crippen molar-refractivity contribution in [3.05, 3.63) is 78.3 Å². The number of nitrogens with one attached hydrogen (secondary N) is 3. The fourth-order valence-corrected chi connectivity index (χ4v) is 4.78. The van der Waals surface area contributed by atoms with Gasteiger partial charge in [0.05, 0.1) is 40.9 Å². The van der Waals surface area contributed by atoms with Crippen molar-refractivity contribution >= 4 is 32.0 Å². The minimum Gasteiger partial charge on any atom is -0.335 e. The highest BCUT2D eigenvalue weighted by molar-refractivity contribution is 7.88. The van der Waals surface area contributed by atoms with Gasteiger partial charge in [-0.2, -0.15) is 5.10 Å². The van der Waals surface area contributed by atoms with Crippen LogP contribution in [0.5, 0.6) is 0 Å². The van der Waals surface area contributed by atoms with Crippen LogP contribution < -0.4 is 4.72 Å². The number of pyridine rings is 3. The Morgan fingerprint density at radius 3 is 2.66 bits per heavy atom. The molecule has 10 nitrogen and oxygen atoms in total. The van der Waals surface area contributed by atoms with Crippen LogP contribution >= 0.6 is 0 Å². The number of benzene rings is 1. The number of hydrogen-bond donors (Lipinski definition) is 3. The predicted molar refractivity (Wildman–Crippen MR) is 142 cm³/mol. The summed E-state index contributed by atoms with van der Waals surface area (Å²) in [6.07, 6.45) is 9.54. The molecule has 1 aromatic carbocycles. The Balaban J connectivity index is 1.44. The van der Waals surface area contributed by atoms with Crippen molar-refractivity contribution in [3.63, 3.8) is 0 Å². The minimum atomic E-state index is -3.43. The standard InChI is InChI=1S/C26H21FN8O2S/c1-14-3-4-28-10-19(14)21-8-18-22(13-30-21)34-35-25(18)26-32-23-12-29-11-20(24(23)33-26)16-5-15(6-17(27)7-16)9-31-38(2,36)37/h3-8,10-13,31H,9H2,1-2H3,(H,32,33)(H,34,35). The lowest BCUT2D eigenvalue weighted by atomic mass is 10.0. The molecule has 5 aromatic heterocycles. The van der Waals surface area contributed by atoms with Crippen molar-refractivity contribution in [3.8, 4) is 33.9 Å². The molecule has 0 radical (unpaired) electrons. The Morgan fingerprint density at radius 1 is 1.00 bits per heavy atom. The van der Waals surface area contributed by atoms with Gasteiger partial charge in [-0.15, -0.1) is 0 Å². The van der Waals surface area contributed by atoms with E-state index in [0.717, 1.165) is 34.0 Å². The Morgan fingerprint density at radius 2 is 1.84 bits per heavy atom. The van der Waals surface area contributed by atoms with E-state index in [1.165, 1.54) is 12.1 Å². The van der Waals surface area contributed by atoms with Crippen LogP contribution in [0.4, 0.5) is 4.39 Å². The molecule has 190 valence electrons. The van der Waals surface area contributed by atoms with E-state index in [1.807, 2.05) is 19.1 Å². The number of H-pyrrole nitrogens is 2. The number of fused-ring (bicyclic) bond motifs is 2. The molecule has 12 heteroatoms. The smallest absolute Gasteiger partial charge is 0.209 e. The fourth-order valence-electron chi connectivity index (χ4n) is 4.36. The zero-order valence-electron chi connectivity index (χ0n) is 20.3. The molecule has 0 saturated heterocycles. The van der Waals surface area contributed by atoms with E-state index < -0.39 is 15.8 Å². The number of aromatic amines is 2. The summed E-state index contributed by atoms with van der Waals surface area (Å²) >= 11 is 0. The van der Waals surface area contributed by atoms with E-state index in [1.54, 1.807) is 37.1 Å². The van der Waals surface area contributed by atoms with Gasteiger partial charge in [-0.05, 0) is 53.9 Å². The number of rotatable bonds is 6. The Hall–Kier alpha value is -4.55. The van der Waals surface area contributed by atoms with Gasteiger partial charge in [0.25, 0.3) is 0 Å². The summed E-state index contributed by atoms with van der Waals surface area (Å²) in [5, 5.41) is 8.30. The summed E-state index contributed by atoms with van der Waals surface area (Å²) in [5.41, 5.74) is 6.91. The molecule has 0 aliphatic rings. The van der Waals surface area contributed by atoms with Crippen LogP contribution in [0.2, 0.25) is 0 Å². The molecule has 0 bridgehead atoms. The van der Waals surface area contributed by atoms with Gasteiger partial charge in [0.15, 0.2) is 5.82 Å². The summed E-state index contributed by atoms with van der Waals surface area (Å²) in [6.45, 7) is 1.97. The second-order valence-electron chi connectivity index (χ2n) is 8.99. The van der Waals surface area contributed by atoms with Crippen LogP contribution in [0, 0.1) is 12.7 Å². The van der Waals surface area contributed by atoms with Crippen molar-refractivity contribution in [1.29, 1.82) is 0 Å². The molecule has 0 amide bonds. The summed E-state index contributed by atoms with van der Waals surface area (Å²) in [7, 11) is -3.43. The minimum absolute atomic E-state index is 0.0369. The monoisotopic (exact) mass is 528 g/mol. The number of aryl methyl sites for hydroxylation is 1. The van der Waals surface area contributed by atoms with E-state index in [-0.39, 0.29) is 6.54 Å². The molecular weight excluding hydrogens is 507 g/mol. The van der Waals surface area contributed by atoms with E-state index >= 15 is 0 Å². The molecule has 0 aliphatic carbocycles. The van der Waals surface area contributed by atoms with Crippen molar-refractivity contribution in [2.45, 2.75) is 13.5 Å². The lowest BCUT2D eigenvalue weighted by molar-refractivity contribution is 0.586. The van der Waals surface area contributed by atoms with E-state index in [4.69, 9.17) is 4.98 Å². The normalized spacial score (nSPS) is 12.0. The predicted octanol–water partition coefficient (Wildman–Crippen LogP) is 4.12. The SMILES string of the molecule is Cc1ccncc1-c1cc2c(-c3nc4c(-c5cc(F)cc(CNS(C)(=O)=O)c5)cncc4[nH]3)n[nH]c2cn1. The summed E-state index contributed by atoms with van der Waals surface area (Å²) in [6, 6.07) is 8.24. The van der Waals surface area contributed by atoms with E-state index in [2.05, 4.69) is 34.9 Å². The molecule has 0 fully saturated rings. The van der Waals surface area contributed by atoms with Crippen molar-refractivity contribution in [1.82, 2.24) is 39.8 Å². The van der Waals surface area contributed by atoms with Gasteiger partial charge in [-0.3, -0.25) is 20.1 Å². The maximum Gasteiger partial charge on any atom is 0.209 e.